The first-order valence-electron chi connectivity index (χ1n) is 10.9. The molecule has 2 aromatic rings. The first-order chi connectivity index (χ1) is 14.7. The average molecular weight is 432 g/mol. The first-order valence-corrected chi connectivity index (χ1v) is 10.9. The number of hydrogen-bond donors (Lipinski definition) is 3. The van der Waals surface area contributed by atoms with Gasteiger partial charge in [0.15, 0.2) is 0 Å². The molecule has 0 spiro atoms. The van der Waals surface area contributed by atoms with Crippen LogP contribution in [-0.2, 0) is 4.74 Å². The van der Waals surface area contributed by atoms with Crippen molar-refractivity contribution in [2.75, 3.05) is 6.61 Å². The second-order valence-electron chi connectivity index (χ2n) is 9.04. The average Bonchev–Trinajstić information content (AvgIpc) is 2.71. The van der Waals surface area contributed by atoms with Crippen molar-refractivity contribution < 1.29 is 24.5 Å². The van der Waals surface area contributed by atoms with E-state index in [4.69, 9.17) is 9.47 Å². The van der Waals surface area contributed by atoms with E-state index in [0.29, 0.717) is 41.9 Å². The minimum Gasteiger partial charge on any atom is -0.478 e. The van der Waals surface area contributed by atoms with Gasteiger partial charge in [0.25, 0.3) is 0 Å². The number of hydrogen-bond acceptors (Lipinski definition) is 7. The molecule has 2 heterocycles. The molecule has 8 nitrogen and oxygen atoms in total. The number of nitrogens with zero attached hydrogens (tertiary/aromatic N) is 2. The van der Waals surface area contributed by atoms with Crippen LogP contribution < -0.4 is 10.1 Å². The molecule has 0 bridgehead atoms. The number of amides is 1. The Bertz CT molecular complexity index is 890. The zero-order valence-corrected chi connectivity index (χ0v) is 18.7. The van der Waals surface area contributed by atoms with Gasteiger partial charge in [-0.2, -0.15) is 0 Å². The third-order valence-corrected chi connectivity index (χ3v) is 5.50. The number of carbonyl (C=O) groups is 1. The van der Waals surface area contributed by atoms with E-state index >= 15 is 0 Å². The van der Waals surface area contributed by atoms with Crippen LogP contribution in [0.4, 0.5) is 4.79 Å². The van der Waals surface area contributed by atoms with Crippen molar-refractivity contribution in [2.45, 2.75) is 77.2 Å². The van der Waals surface area contributed by atoms with Crippen LogP contribution >= 0.6 is 0 Å². The Morgan fingerprint density at radius 2 is 1.90 bits per heavy atom. The van der Waals surface area contributed by atoms with Crippen molar-refractivity contribution in [3.63, 3.8) is 0 Å². The van der Waals surface area contributed by atoms with E-state index in [1.807, 2.05) is 27.7 Å². The monoisotopic (exact) mass is 431 g/mol. The lowest BCUT2D eigenvalue weighted by molar-refractivity contribution is -0.0304. The van der Waals surface area contributed by atoms with E-state index in [1.165, 1.54) is 0 Å². The highest BCUT2D eigenvalue weighted by molar-refractivity contribution is 5.78. The van der Waals surface area contributed by atoms with Crippen LogP contribution in [-0.4, -0.2) is 50.6 Å². The molecule has 3 N–H and O–H groups in total. The lowest BCUT2D eigenvalue weighted by Gasteiger charge is -2.34. The number of rotatable bonds is 6. The van der Waals surface area contributed by atoms with Crippen molar-refractivity contribution in [3.8, 4) is 5.88 Å². The Morgan fingerprint density at radius 1 is 1.19 bits per heavy atom. The highest BCUT2D eigenvalue weighted by atomic mass is 16.6. The molecule has 0 saturated heterocycles. The minimum absolute atomic E-state index is 0.00705. The second kappa shape index (κ2) is 9.78. The summed E-state index contributed by atoms with van der Waals surface area (Å²) in [4.78, 5) is 20.8. The van der Waals surface area contributed by atoms with Gasteiger partial charge in [-0.05, 0) is 71.4 Å². The normalized spacial score (nSPS) is 21.4. The lowest BCUT2D eigenvalue weighted by atomic mass is 9.80. The smallest absolute Gasteiger partial charge is 0.407 e. The molecule has 1 amide bonds. The van der Waals surface area contributed by atoms with Crippen molar-refractivity contribution in [1.82, 2.24) is 15.3 Å². The number of aromatic nitrogens is 2. The number of alkyl carbamates (subject to hydrolysis) is 1. The molecule has 3 rings (SSSR count). The Balaban J connectivity index is 1.64. The predicted octanol–water partition coefficient (Wildman–Crippen LogP) is 3.51. The fourth-order valence-electron chi connectivity index (χ4n) is 4.02. The molecule has 1 fully saturated rings. The highest BCUT2D eigenvalue weighted by Gasteiger charge is 2.33. The van der Waals surface area contributed by atoms with Gasteiger partial charge in [0.05, 0.1) is 23.7 Å². The number of carbonyl (C=O) groups excluding carboxylic acids is 1. The van der Waals surface area contributed by atoms with E-state index in [-0.39, 0.29) is 12.0 Å². The molecule has 0 aromatic carbocycles. The Morgan fingerprint density at radius 3 is 2.55 bits per heavy atom. The fraction of sp³-hybridized carbons (Fsp3) is 0.609. The molecule has 2 atom stereocenters. The number of pyridine rings is 2. The van der Waals surface area contributed by atoms with Gasteiger partial charge < -0.3 is 25.0 Å². The zero-order valence-electron chi connectivity index (χ0n) is 18.7. The van der Waals surface area contributed by atoms with Gasteiger partial charge in [-0.15, -0.1) is 0 Å². The number of aliphatic hydroxyl groups is 2. The molecule has 2 aromatic heterocycles. The second-order valence-corrected chi connectivity index (χ2v) is 9.04. The van der Waals surface area contributed by atoms with E-state index in [0.717, 1.165) is 12.8 Å². The molecule has 0 unspecified atom stereocenters. The maximum atomic E-state index is 12.0. The SMILES string of the molecule is CCOc1ccc2nccc([C@H](O)[C@@H](O)C3CCC(NC(=O)OC(C)(C)C)CC3)c2n1. The molecule has 1 aliphatic carbocycles. The molecule has 1 aliphatic rings. The van der Waals surface area contributed by atoms with E-state index in [9.17, 15) is 15.0 Å². The summed E-state index contributed by atoms with van der Waals surface area (Å²) in [5.74, 6) is 0.379. The van der Waals surface area contributed by atoms with Gasteiger partial charge in [0, 0.05) is 23.9 Å². The number of fused-ring (bicyclic) bond motifs is 1. The molecule has 170 valence electrons. The van der Waals surface area contributed by atoms with Crippen molar-refractivity contribution in [2.24, 2.45) is 5.92 Å². The van der Waals surface area contributed by atoms with Crippen molar-refractivity contribution >= 4 is 17.1 Å². The minimum atomic E-state index is -1.09. The van der Waals surface area contributed by atoms with Crippen LogP contribution in [0.5, 0.6) is 5.88 Å². The molecular formula is C23H33N3O5. The summed E-state index contributed by atoms with van der Waals surface area (Å²) in [7, 11) is 0. The first kappa shape index (κ1) is 23.2. The molecular weight excluding hydrogens is 398 g/mol. The Labute approximate surface area is 183 Å². The standard InChI is InChI=1S/C23H33N3O5/c1-5-30-18-11-10-17-19(26-18)16(12-13-24-17)21(28)20(27)14-6-8-15(9-7-14)25-22(29)31-23(2,3)4/h10-15,20-21,27-28H,5-9H2,1-4H3,(H,25,29)/t14?,15?,20-,21-/m0/s1. The third kappa shape index (κ3) is 6.04. The Kier molecular flexibility index (Phi) is 7.33. The molecule has 8 heteroatoms. The fourth-order valence-corrected chi connectivity index (χ4v) is 4.02. The maximum absolute atomic E-state index is 12.0. The summed E-state index contributed by atoms with van der Waals surface area (Å²) in [5, 5.41) is 24.8. The zero-order chi connectivity index (χ0) is 22.6. The van der Waals surface area contributed by atoms with Gasteiger partial charge in [0.1, 0.15) is 11.7 Å². The van der Waals surface area contributed by atoms with Gasteiger partial charge in [-0.1, -0.05) is 0 Å². The number of ether oxygens (including phenoxy) is 2. The molecule has 1 saturated carbocycles. The number of aliphatic hydroxyl groups excluding tert-OH is 2. The van der Waals surface area contributed by atoms with Crippen LogP contribution in [0.25, 0.3) is 11.0 Å². The summed E-state index contributed by atoms with van der Waals surface area (Å²) < 4.78 is 10.8. The Hall–Kier alpha value is -2.45. The summed E-state index contributed by atoms with van der Waals surface area (Å²) in [6.07, 6.45) is 1.99. The molecule has 0 aliphatic heterocycles. The molecule has 0 radical (unpaired) electrons. The van der Waals surface area contributed by atoms with Crippen LogP contribution in [0.2, 0.25) is 0 Å². The van der Waals surface area contributed by atoms with Gasteiger partial charge in [-0.25, -0.2) is 9.78 Å². The van der Waals surface area contributed by atoms with Gasteiger partial charge in [-0.3, -0.25) is 4.98 Å². The van der Waals surface area contributed by atoms with E-state index in [1.54, 1.807) is 24.4 Å². The number of nitrogens with one attached hydrogen (secondary N) is 1. The van der Waals surface area contributed by atoms with Crippen LogP contribution in [0.15, 0.2) is 24.4 Å². The van der Waals surface area contributed by atoms with Crippen LogP contribution in [0.3, 0.4) is 0 Å². The summed E-state index contributed by atoms with van der Waals surface area (Å²) in [6.45, 7) is 7.85. The highest BCUT2D eigenvalue weighted by Crippen LogP contribution is 2.34. The van der Waals surface area contributed by atoms with Gasteiger partial charge >= 0.3 is 6.09 Å². The van der Waals surface area contributed by atoms with Crippen LogP contribution in [0, 0.1) is 5.92 Å². The summed E-state index contributed by atoms with van der Waals surface area (Å²) in [5.41, 5.74) is 1.16. The topological polar surface area (TPSA) is 114 Å². The maximum Gasteiger partial charge on any atom is 0.407 e. The van der Waals surface area contributed by atoms with Gasteiger partial charge in [0.2, 0.25) is 5.88 Å². The van der Waals surface area contributed by atoms with Crippen LogP contribution in [0.1, 0.15) is 65.0 Å². The van der Waals surface area contributed by atoms with Crippen molar-refractivity contribution in [1.29, 1.82) is 0 Å². The quantitative estimate of drug-likeness (QED) is 0.641. The summed E-state index contributed by atoms with van der Waals surface area (Å²) in [6, 6.07) is 5.23. The predicted molar refractivity (Wildman–Crippen MR) is 117 cm³/mol. The van der Waals surface area contributed by atoms with E-state index in [2.05, 4.69) is 15.3 Å². The molecule has 31 heavy (non-hydrogen) atoms. The van der Waals surface area contributed by atoms with Crippen molar-refractivity contribution in [3.05, 3.63) is 30.0 Å². The largest absolute Gasteiger partial charge is 0.478 e. The summed E-state index contributed by atoms with van der Waals surface area (Å²) >= 11 is 0. The lowest BCUT2D eigenvalue weighted by Crippen LogP contribution is -2.42. The van der Waals surface area contributed by atoms with E-state index < -0.39 is 23.9 Å². The third-order valence-electron chi connectivity index (χ3n) is 5.50.